The van der Waals surface area contributed by atoms with Crippen LogP contribution in [-0.4, -0.2) is 0 Å². The minimum absolute atomic E-state index is 0.461. The van der Waals surface area contributed by atoms with Crippen molar-refractivity contribution >= 4 is 50.5 Å². The van der Waals surface area contributed by atoms with E-state index in [0.717, 1.165) is 14.2 Å². The first kappa shape index (κ1) is 14.2. The monoisotopic (exact) mass is 365 g/mol. The number of nitrogens with two attached hydrogens (primary N) is 1. The molecule has 0 aliphatic carbocycles. The van der Waals surface area contributed by atoms with E-state index < -0.39 is 0 Å². The minimum Gasteiger partial charge on any atom is -0.486 e. The van der Waals surface area contributed by atoms with Gasteiger partial charge >= 0.3 is 0 Å². The number of halogens is 3. The van der Waals surface area contributed by atoms with E-state index in [1.54, 1.807) is 23.5 Å². The summed E-state index contributed by atoms with van der Waals surface area (Å²) < 4.78 is 6.40. The van der Waals surface area contributed by atoms with Gasteiger partial charge in [0.25, 0.3) is 0 Å². The third kappa shape index (κ3) is 3.39. The average molecular weight is 367 g/mol. The van der Waals surface area contributed by atoms with Crippen LogP contribution >= 0.6 is 50.5 Å². The van der Waals surface area contributed by atoms with Gasteiger partial charge in [-0.1, -0.05) is 23.2 Å². The Labute approximate surface area is 128 Å². The van der Waals surface area contributed by atoms with Crippen LogP contribution in [0.3, 0.4) is 0 Å². The zero-order valence-electron chi connectivity index (χ0n) is 9.25. The molecule has 0 spiro atoms. The van der Waals surface area contributed by atoms with Crippen LogP contribution in [-0.2, 0) is 13.2 Å². The topological polar surface area (TPSA) is 35.2 Å². The van der Waals surface area contributed by atoms with Gasteiger partial charge in [0, 0.05) is 26.8 Å². The summed E-state index contributed by atoms with van der Waals surface area (Å²) in [5.74, 6) is 0.576. The highest BCUT2D eigenvalue weighted by atomic mass is 79.9. The molecule has 0 unspecified atom stereocenters. The van der Waals surface area contributed by atoms with Crippen LogP contribution in [0.4, 0.5) is 0 Å². The molecule has 1 aromatic carbocycles. The van der Waals surface area contributed by atoms with Crippen LogP contribution in [0.1, 0.15) is 9.75 Å². The molecule has 1 heterocycles. The van der Waals surface area contributed by atoms with Crippen molar-refractivity contribution in [2.45, 2.75) is 13.2 Å². The molecule has 6 heteroatoms. The van der Waals surface area contributed by atoms with Crippen molar-refractivity contribution in [1.82, 2.24) is 0 Å². The van der Waals surface area contributed by atoms with Gasteiger partial charge in [0.05, 0.1) is 10.0 Å². The van der Waals surface area contributed by atoms with Crippen LogP contribution in [0.2, 0.25) is 10.0 Å². The van der Waals surface area contributed by atoms with Crippen LogP contribution in [0, 0.1) is 0 Å². The standard InChI is InChI=1S/C12H10BrCl2NOS/c13-9-3-11(15)12(4-10(9)14)17-6-8-2-1-7(5-16)18-8/h1-4H,5-6,16H2. The fourth-order valence-electron chi connectivity index (χ4n) is 1.37. The average Bonchev–Trinajstić information content (AvgIpc) is 2.80. The van der Waals surface area contributed by atoms with E-state index in [0.29, 0.717) is 28.9 Å². The van der Waals surface area contributed by atoms with E-state index in [9.17, 15) is 0 Å². The zero-order valence-corrected chi connectivity index (χ0v) is 13.2. The number of rotatable bonds is 4. The predicted octanol–water partition coefficient (Wildman–Crippen LogP) is 4.86. The van der Waals surface area contributed by atoms with E-state index in [-0.39, 0.29) is 0 Å². The molecule has 2 nitrogen and oxygen atoms in total. The number of hydrogen-bond donors (Lipinski definition) is 1. The molecular weight excluding hydrogens is 357 g/mol. The lowest BCUT2D eigenvalue weighted by atomic mass is 10.3. The Bertz CT molecular complexity index is 559. The highest BCUT2D eigenvalue weighted by molar-refractivity contribution is 9.10. The van der Waals surface area contributed by atoms with Crippen molar-refractivity contribution in [3.63, 3.8) is 0 Å². The molecule has 0 saturated heterocycles. The van der Waals surface area contributed by atoms with Crippen molar-refractivity contribution < 1.29 is 4.74 Å². The first-order valence-electron chi connectivity index (χ1n) is 5.15. The van der Waals surface area contributed by atoms with Gasteiger partial charge in [-0.25, -0.2) is 0 Å². The molecule has 0 bridgehead atoms. The summed E-state index contributed by atoms with van der Waals surface area (Å²) in [5.41, 5.74) is 5.56. The Hall–Kier alpha value is -0.260. The Kier molecular flexibility index (Phi) is 4.92. The summed E-state index contributed by atoms with van der Waals surface area (Å²) in [6.45, 7) is 1.01. The number of thiophene rings is 1. The molecule has 18 heavy (non-hydrogen) atoms. The summed E-state index contributed by atoms with van der Waals surface area (Å²) in [6.07, 6.45) is 0. The quantitative estimate of drug-likeness (QED) is 0.784. The Morgan fingerprint density at radius 3 is 2.56 bits per heavy atom. The summed E-state index contributed by atoms with van der Waals surface area (Å²) in [6, 6.07) is 7.42. The maximum absolute atomic E-state index is 6.07. The molecule has 96 valence electrons. The number of ether oxygens (including phenoxy) is 1. The first-order chi connectivity index (χ1) is 8.60. The number of benzene rings is 1. The SMILES string of the molecule is NCc1ccc(COc2cc(Cl)c(Br)cc2Cl)s1. The van der Waals surface area contributed by atoms with Crippen molar-refractivity contribution in [3.8, 4) is 5.75 Å². The summed E-state index contributed by atoms with van der Waals surface area (Å²) in [7, 11) is 0. The molecule has 0 aliphatic rings. The predicted molar refractivity (Wildman–Crippen MR) is 80.7 cm³/mol. The maximum Gasteiger partial charge on any atom is 0.140 e. The van der Waals surface area contributed by atoms with Gasteiger partial charge in [0.2, 0.25) is 0 Å². The van der Waals surface area contributed by atoms with Crippen molar-refractivity contribution in [3.05, 3.63) is 48.5 Å². The van der Waals surface area contributed by atoms with Crippen LogP contribution in [0.25, 0.3) is 0 Å². The molecule has 0 saturated carbocycles. The van der Waals surface area contributed by atoms with E-state index in [2.05, 4.69) is 15.9 Å². The molecule has 0 aliphatic heterocycles. The van der Waals surface area contributed by atoms with Crippen molar-refractivity contribution in [1.29, 1.82) is 0 Å². The normalized spacial score (nSPS) is 10.7. The third-order valence-corrected chi connectivity index (χ3v) is 4.84. The lowest BCUT2D eigenvalue weighted by Gasteiger charge is -2.08. The van der Waals surface area contributed by atoms with Crippen LogP contribution < -0.4 is 10.5 Å². The maximum atomic E-state index is 6.07. The van der Waals surface area contributed by atoms with Gasteiger partial charge in [0.15, 0.2) is 0 Å². The third-order valence-electron chi connectivity index (χ3n) is 2.26. The molecule has 2 aromatic rings. The summed E-state index contributed by atoms with van der Waals surface area (Å²) in [4.78, 5) is 2.24. The molecule has 0 amide bonds. The molecular formula is C12H10BrCl2NOS. The summed E-state index contributed by atoms with van der Waals surface area (Å²) >= 11 is 17.0. The summed E-state index contributed by atoms with van der Waals surface area (Å²) in [5, 5.41) is 1.10. The van der Waals surface area contributed by atoms with Gasteiger partial charge in [0.1, 0.15) is 12.4 Å². The van der Waals surface area contributed by atoms with Gasteiger partial charge in [-0.15, -0.1) is 11.3 Å². The van der Waals surface area contributed by atoms with Gasteiger partial charge in [-0.3, -0.25) is 0 Å². The second-order valence-corrected chi connectivity index (χ2v) is 6.48. The van der Waals surface area contributed by atoms with Gasteiger partial charge in [-0.2, -0.15) is 0 Å². The minimum atomic E-state index is 0.461. The van der Waals surface area contributed by atoms with Gasteiger partial charge < -0.3 is 10.5 Å². The Morgan fingerprint density at radius 2 is 1.89 bits per heavy atom. The molecule has 0 radical (unpaired) electrons. The van der Waals surface area contributed by atoms with Crippen molar-refractivity contribution in [2.75, 3.05) is 0 Å². The molecule has 2 N–H and O–H groups in total. The largest absolute Gasteiger partial charge is 0.486 e. The second-order valence-electron chi connectivity index (χ2n) is 3.56. The molecule has 2 rings (SSSR count). The fraction of sp³-hybridized carbons (Fsp3) is 0.167. The zero-order chi connectivity index (χ0) is 13.1. The van der Waals surface area contributed by atoms with E-state index in [1.807, 2.05) is 12.1 Å². The molecule has 1 aromatic heterocycles. The Balaban J connectivity index is 2.08. The second kappa shape index (κ2) is 6.26. The Morgan fingerprint density at radius 1 is 1.17 bits per heavy atom. The highest BCUT2D eigenvalue weighted by Crippen LogP contribution is 2.34. The fourth-order valence-corrected chi connectivity index (χ4v) is 3.03. The number of hydrogen-bond acceptors (Lipinski definition) is 3. The van der Waals surface area contributed by atoms with E-state index in [1.165, 1.54) is 0 Å². The smallest absolute Gasteiger partial charge is 0.140 e. The highest BCUT2D eigenvalue weighted by Gasteiger charge is 2.07. The van der Waals surface area contributed by atoms with E-state index in [4.69, 9.17) is 33.7 Å². The lowest BCUT2D eigenvalue weighted by Crippen LogP contribution is -1.94. The van der Waals surface area contributed by atoms with Crippen LogP contribution in [0.5, 0.6) is 5.75 Å². The van der Waals surface area contributed by atoms with Crippen molar-refractivity contribution in [2.24, 2.45) is 5.73 Å². The molecule has 0 atom stereocenters. The molecule has 0 fully saturated rings. The first-order valence-corrected chi connectivity index (χ1v) is 7.51. The van der Waals surface area contributed by atoms with E-state index >= 15 is 0 Å². The lowest BCUT2D eigenvalue weighted by molar-refractivity contribution is 0.310. The van der Waals surface area contributed by atoms with Crippen LogP contribution in [0.15, 0.2) is 28.7 Å². The van der Waals surface area contributed by atoms with Gasteiger partial charge in [-0.05, 0) is 34.1 Å².